The van der Waals surface area contributed by atoms with Crippen LogP contribution in [-0.4, -0.2) is 33.7 Å². The lowest BCUT2D eigenvalue weighted by molar-refractivity contribution is -0.153. The Morgan fingerprint density at radius 3 is 2.08 bits per heavy atom. The lowest BCUT2D eigenvalue weighted by Crippen LogP contribution is -2.47. The van der Waals surface area contributed by atoms with Gasteiger partial charge in [0.15, 0.2) is 5.78 Å². The number of benzene rings is 2. The molecule has 1 aliphatic carbocycles. The molecule has 0 radical (unpaired) electrons. The maximum absolute atomic E-state index is 14.2. The molecule has 1 aliphatic heterocycles. The SMILES string of the molecule is CC(C)(C)c1ccc(C2C(C(=O)c3cccs3)C(c3ccc(F)cc3)N(C(=O)C3CCC3)C2C(=O)O)cc1. The van der Waals surface area contributed by atoms with Crippen LogP contribution in [0.4, 0.5) is 4.39 Å². The molecule has 38 heavy (non-hydrogen) atoms. The van der Waals surface area contributed by atoms with Gasteiger partial charge >= 0.3 is 5.97 Å². The second-order valence-electron chi connectivity index (χ2n) is 11.4. The fourth-order valence-corrected chi connectivity index (χ4v) is 6.55. The molecule has 1 saturated carbocycles. The number of amides is 1. The third kappa shape index (κ3) is 4.68. The van der Waals surface area contributed by atoms with Gasteiger partial charge in [0.1, 0.15) is 11.9 Å². The Balaban J connectivity index is 1.72. The summed E-state index contributed by atoms with van der Waals surface area (Å²) in [6.45, 7) is 6.30. The van der Waals surface area contributed by atoms with Crippen molar-refractivity contribution < 1.29 is 23.9 Å². The van der Waals surface area contributed by atoms with Crippen LogP contribution in [0.15, 0.2) is 66.0 Å². The lowest BCUT2D eigenvalue weighted by Gasteiger charge is -2.36. The maximum atomic E-state index is 14.2. The molecule has 2 aromatic carbocycles. The summed E-state index contributed by atoms with van der Waals surface area (Å²) in [4.78, 5) is 43.0. The molecule has 1 aromatic heterocycles. The van der Waals surface area contributed by atoms with E-state index in [0.717, 1.165) is 12.0 Å². The predicted molar refractivity (Wildman–Crippen MR) is 145 cm³/mol. The molecule has 7 heteroatoms. The molecule has 198 valence electrons. The zero-order chi connectivity index (χ0) is 27.2. The Bertz CT molecular complexity index is 1320. The second-order valence-corrected chi connectivity index (χ2v) is 12.4. The van der Waals surface area contributed by atoms with E-state index >= 15 is 0 Å². The van der Waals surface area contributed by atoms with Crippen LogP contribution in [0.1, 0.15) is 78.4 Å². The van der Waals surface area contributed by atoms with Gasteiger partial charge in [0.05, 0.1) is 16.8 Å². The van der Waals surface area contributed by atoms with Crippen molar-refractivity contribution in [1.82, 2.24) is 4.90 Å². The highest BCUT2D eigenvalue weighted by atomic mass is 32.1. The molecule has 0 bridgehead atoms. The normalized spacial score (nSPS) is 23.7. The van der Waals surface area contributed by atoms with Crippen molar-refractivity contribution in [3.05, 3.63) is 93.4 Å². The monoisotopic (exact) mass is 533 g/mol. The van der Waals surface area contributed by atoms with Gasteiger partial charge in [-0.05, 0) is 58.5 Å². The van der Waals surface area contributed by atoms with Crippen LogP contribution in [0.3, 0.4) is 0 Å². The van der Waals surface area contributed by atoms with Crippen molar-refractivity contribution in [3.63, 3.8) is 0 Å². The highest BCUT2D eigenvalue weighted by molar-refractivity contribution is 7.12. The number of hydrogen-bond acceptors (Lipinski definition) is 4. The van der Waals surface area contributed by atoms with Crippen LogP contribution < -0.4 is 0 Å². The number of nitrogens with zero attached hydrogens (tertiary/aromatic N) is 1. The molecule has 1 saturated heterocycles. The van der Waals surface area contributed by atoms with Crippen LogP contribution >= 0.6 is 11.3 Å². The highest BCUT2D eigenvalue weighted by Gasteiger charge is 2.58. The first-order valence-corrected chi connectivity index (χ1v) is 13.9. The number of rotatable bonds is 6. The Kier molecular flexibility index (Phi) is 6.99. The summed E-state index contributed by atoms with van der Waals surface area (Å²) >= 11 is 1.30. The minimum Gasteiger partial charge on any atom is -0.480 e. The zero-order valence-corrected chi connectivity index (χ0v) is 22.6. The van der Waals surface area contributed by atoms with E-state index in [-0.39, 0.29) is 23.0 Å². The molecule has 5 nitrogen and oxygen atoms in total. The van der Waals surface area contributed by atoms with Gasteiger partial charge in [-0.1, -0.05) is 69.7 Å². The third-order valence-electron chi connectivity index (χ3n) is 8.07. The average molecular weight is 534 g/mol. The Morgan fingerprint density at radius 1 is 0.947 bits per heavy atom. The van der Waals surface area contributed by atoms with Gasteiger partial charge in [0.25, 0.3) is 0 Å². The number of carbonyl (C=O) groups excluding carboxylic acids is 2. The molecule has 2 fully saturated rings. The van der Waals surface area contributed by atoms with Gasteiger partial charge in [-0.25, -0.2) is 9.18 Å². The number of thiophene rings is 1. The average Bonchev–Trinajstić information content (AvgIpc) is 3.49. The predicted octanol–water partition coefficient (Wildman–Crippen LogP) is 6.60. The van der Waals surface area contributed by atoms with Gasteiger partial charge in [-0.3, -0.25) is 9.59 Å². The molecular formula is C31H32FNO4S. The van der Waals surface area contributed by atoms with E-state index in [9.17, 15) is 23.9 Å². The number of carboxylic acid groups (broad SMARTS) is 1. The quantitative estimate of drug-likeness (QED) is 0.362. The number of aliphatic carboxylic acids is 1. The van der Waals surface area contributed by atoms with Crippen LogP contribution in [0.5, 0.6) is 0 Å². The van der Waals surface area contributed by atoms with E-state index in [1.165, 1.54) is 28.4 Å². The summed E-state index contributed by atoms with van der Waals surface area (Å²) in [6, 6.07) is 15.0. The van der Waals surface area contributed by atoms with Crippen LogP contribution in [0.25, 0.3) is 0 Å². The summed E-state index contributed by atoms with van der Waals surface area (Å²) < 4.78 is 13.9. The lowest BCUT2D eigenvalue weighted by atomic mass is 9.76. The first kappa shape index (κ1) is 26.3. The van der Waals surface area contributed by atoms with Gasteiger partial charge in [-0.15, -0.1) is 11.3 Å². The van der Waals surface area contributed by atoms with Gasteiger partial charge in [0, 0.05) is 11.8 Å². The van der Waals surface area contributed by atoms with Crippen LogP contribution in [0.2, 0.25) is 0 Å². The van der Waals surface area contributed by atoms with Gasteiger partial charge < -0.3 is 10.0 Å². The number of hydrogen-bond donors (Lipinski definition) is 1. The van der Waals surface area contributed by atoms with E-state index in [1.54, 1.807) is 24.3 Å². The van der Waals surface area contributed by atoms with E-state index in [1.807, 2.05) is 29.6 Å². The minimum atomic E-state index is -1.23. The molecular weight excluding hydrogens is 501 g/mol. The standard InChI is InChI=1S/C31H32FNO4S/c1-31(2,3)21-13-9-18(10-14-21)24-25(28(34)23-8-5-17-38-23)26(19-11-15-22(32)16-12-19)33(27(24)30(36)37)29(35)20-6-4-7-20/h5,8-17,20,24-27H,4,6-7H2,1-3H3,(H,36,37). The van der Waals surface area contributed by atoms with Gasteiger partial charge in [-0.2, -0.15) is 0 Å². The Hall–Kier alpha value is -3.32. The summed E-state index contributed by atoms with van der Waals surface area (Å²) in [6.07, 6.45) is 2.32. The summed E-state index contributed by atoms with van der Waals surface area (Å²) in [5, 5.41) is 12.4. The molecule has 2 aliphatic rings. The Morgan fingerprint density at radius 2 is 1.58 bits per heavy atom. The zero-order valence-electron chi connectivity index (χ0n) is 21.8. The topological polar surface area (TPSA) is 74.7 Å². The first-order chi connectivity index (χ1) is 18.1. The molecule has 1 N–H and O–H groups in total. The van der Waals surface area contributed by atoms with Crippen LogP contribution in [-0.2, 0) is 15.0 Å². The number of carbonyl (C=O) groups is 3. The van der Waals surface area contributed by atoms with Crippen molar-refractivity contribution in [2.24, 2.45) is 11.8 Å². The van der Waals surface area contributed by atoms with Crippen molar-refractivity contribution in [2.45, 2.75) is 63.5 Å². The van der Waals surface area contributed by atoms with E-state index in [0.29, 0.717) is 28.8 Å². The van der Waals surface area contributed by atoms with E-state index in [2.05, 4.69) is 20.8 Å². The van der Waals surface area contributed by atoms with Crippen molar-refractivity contribution in [1.29, 1.82) is 0 Å². The highest BCUT2D eigenvalue weighted by Crippen LogP contribution is 2.53. The van der Waals surface area contributed by atoms with E-state index < -0.39 is 35.7 Å². The second kappa shape index (κ2) is 10.1. The summed E-state index contributed by atoms with van der Waals surface area (Å²) in [5.74, 6) is -3.89. The number of likely N-dealkylation sites (tertiary alicyclic amines) is 1. The van der Waals surface area contributed by atoms with Crippen LogP contribution in [0, 0.1) is 17.7 Å². The molecule has 0 spiro atoms. The number of Topliss-reactive ketones (excluding diaryl/α,β-unsaturated/α-hetero) is 1. The number of halogens is 1. The number of ketones is 1. The maximum Gasteiger partial charge on any atom is 0.327 e. The molecule has 4 unspecified atom stereocenters. The largest absolute Gasteiger partial charge is 0.480 e. The summed E-state index contributed by atoms with van der Waals surface area (Å²) in [7, 11) is 0. The van der Waals surface area contributed by atoms with Crippen molar-refractivity contribution in [3.8, 4) is 0 Å². The molecule has 4 atom stereocenters. The first-order valence-electron chi connectivity index (χ1n) is 13.1. The number of carboxylic acids is 1. The summed E-state index contributed by atoms with van der Waals surface area (Å²) in [5.41, 5.74) is 2.25. The molecule has 3 aromatic rings. The van der Waals surface area contributed by atoms with Crippen molar-refractivity contribution in [2.75, 3.05) is 0 Å². The fourth-order valence-electron chi connectivity index (χ4n) is 5.84. The fraction of sp³-hybridized carbons (Fsp3) is 0.387. The Labute approximate surface area is 226 Å². The van der Waals surface area contributed by atoms with Gasteiger partial charge in [0.2, 0.25) is 5.91 Å². The molecule has 5 rings (SSSR count). The minimum absolute atomic E-state index is 0.102. The molecule has 1 amide bonds. The molecule has 2 heterocycles. The third-order valence-corrected chi connectivity index (χ3v) is 8.95. The van der Waals surface area contributed by atoms with Crippen molar-refractivity contribution >= 4 is 29.0 Å². The van der Waals surface area contributed by atoms with E-state index in [4.69, 9.17) is 0 Å². The smallest absolute Gasteiger partial charge is 0.327 e.